The number of aliphatic hydroxyl groups is 2. The molecule has 1 aromatic carbocycles. The van der Waals surface area contributed by atoms with E-state index in [0.717, 1.165) is 15.6 Å². The molecule has 0 spiro atoms. The van der Waals surface area contributed by atoms with Gasteiger partial charge in [-0.2, -0.15) is 12.6 Å². The first-order valence-electron chi connectivity index (χ1n) is 4.79. The summed E-state index contributed by atoms with van der Waals surface area (Å²) in [7, 11) is 0. The van der Waals surface area contributed by atoms with Crippen LogP contribution in [0, 0.1) is 6.92 Å². The second kappa shape index (κ2) is 5.89. The van der Waals surface area contributed by atoms with Crippen molar-refractivity contribution in [2.45, 2.75) is 25.6 Å². The topological polar surface area (TPSA) is 40.5 Å². The van der Waals surface area contributed by atoms with E-state index < -0.39 is 12.2 Å². The highest BCUT2D eigenvalue weighted by Crippen LogP contribution is 2.24. The van der Waals surface area contributed by atoms with Crippen molar-refractivity contribution in [2.24, 2.45) is 0 Å². The van der Waals surface area contributed by atoms with Gasteiger partial charge in [0, 0.05) is 4.47 Å². The van der Waals surface area contributed by atoms with Crippen LogP contribution in [0.1, 0.15) is 23.7 Å². The van der Waals surface area contributed by atoms with Crippen LogP contribution in [0.5, 0.6) is 0 Å². The number of aryl methyl sites for hydroxylation is 1. The lowest BCUT2D eigenvalue weighted by molar-refractivity contribution is 0.0172. The van der Waals surface area contributed by atoms with Crippen LogP contribution in [-0.4, -0.2) is 22.1 Å². The average Bonchev–Trinajstić information content (AvgIpc) is 2.21. The van der Waals surface area contributed by atoms with Crippen molar-refractivity contribution in [3.05, 3.63) is 33.8 Å². The van der Waals surface area contributed by atoms with E-state index in [-0.39, 0.29) is 0 Å². The van der Waals surface area contributed by atoms with Gasteiger partial charge in [-0.25, -0.2) is 0 Å². The lowest BCUT2D eigenvalue weighted by Gasteiger charge is -2.17. The normalized spacial score (nSPS) is 15.0. The molecule has 1 rings (SSSR count). The molecule has 2 atom stereocenters. The van der Waals surface area contributed by atoms with E-state index in [1.807, 2.05) is 25.1 Å². The summed E-state index contributed by atoms with van der Waals surface area (Å²) >= 11 is 7.42. The van der Waals surface area contributed by atoms with E-state index in [4.69, 9.17) is 0 Å². The molecule has 0 heterocycles. The molecule has 2 nitrogen and oxygen atoms in total. The van der Waals surface area contributed by atoms with Crippen molar-refractivity contribution in [3.8, 4) is 0 Å². The summed E-state index contributed by atoms with van der Waals surface area (Å²) in [6.45, 7) is 1.98. The molecule has 0 aliphatic rings. The van der Waals surface area contributed by atoms with Crippen molar-refractivity contribution in [3.63, 3.8) is 0 Å². The molecule has 4 heteroatoms. The third-order valence-corrected chi connectivity index (χ3v) is 3.44. The molecule has 15 heavy (non-hydrogen) atoms. The highest BCUT2D eigenvalue weighted by atomic mass is 79.9. The van der Waals surface area contributed by atoms with Crippen molar-refractivity contribution >= 4 is 28.6 Å². The lowest BCUT2D eigenvalue weighted by Crippen LogP contribution is -2.18. The van der Waals surface area contributed by atoms with Crippen molar-refractivity contribution in [1.82, 2.24) is 0 Å². The minimum atomic E-state index is -0.839. The molecule has 0 radical (unpaired) electrons. The molecule has 0 bridgehead atoms. The van der Waals surface area contributed by atoms with Crippen LogP contribution in [-0.2, 0) is 0 Å². The molecule has 0 saturated heterocycles. The maximum atomic E-state index is 9.83. The van der Waals surface area contributed by atoms with Crippen molar-refractivity contribution in [2.75, 3.05) is 5.75 Å². The summed E-state index contributed by atoms with van der Waals surface area (Å²) in [5, 5.41) is 19.4. The molecule has 84 valence electrons. The fraction of sp³-hybridized carbons (Fsp3) is 0.455. The van der Waals surface area contributed by atoms with Gasteiger partial charge >= 0.3 is 0 Å². The molecule has 0 aliphatic carbocycles. The highest BCUT2D eigenvalue weighted by Gasteiger charge is 2.17. The number of benzene rings is 1. The van der Waals surface area contributed by atoms with Gasteiger partial charge in [-0.1, -0.05) is 28.1 Å². The van der Waals surface area contributed by atoms with Crippen molar-refractivity contribution < 1.29 is 10.2 Å². The minimum Gasteiger partial charge on any atom is -0.390 e. The van der Waals surface area contributed by atoms with Crippen LogP contribution in [0.3, 0.4) is 0 Å². The zero-order valence-electron chi connectivity index (χ0n) is 8.52. The Morgan fingerprint density at radius 2 is 2.07 bits per heavy atom. The Morgan fingerprint density at radius 1 is 1.40 bits per heavy atom. The third-order valence-electron chi connectivity index (χ3n) is 2.33. The summed E-state index contributed by atoms with van der Waals surface area (Å²) < 4.78 is 0.942. The molecule has 1 aromatic rings. The largest absolute Gasteiger partial charge is 0.390 e. The van der Waals surface area contributed by atoms with E-state index in [2.05, 4.69) is 28.6 Å². The van der Waals surface area contributed by atoms with Crippen LogP contribution < -0.4 is 0 Å². The summed E-state index contributed by atoms with van der Waals surface area (Å²) in [5.41, 5.74) is 1.83. The lowest BCUT2D eigenvalue weighted by atomic mass is 10.0. The van der Waals surface area contributed by atoms with Gasteiger partial charge < -0.3 is 10.2 Å². The van der Waals surface area contributed by atoms with Crippen LogP contribution in [0.2, 0.25) is 0 Å². The molecule has 2 unspecified atom stereocenters. The predicted molar refractivity (Wildman–Crippen MR) is 68.3 cm³/mol. The van der Waals surface area contributed by atoms with Gasteiger partial charge in [0.15, 0.2) is 0 Å². The summed E-state index contributed by atoms with van der Waals surface area (Å²) in [5.74, 6) is 0.561. The van der Waals surface area contributed by atoms with Gasteiger partial charge in [-0.15, -0.1) is 0 Å². The van der Waals surface area contributed by atoms with Crippen molar-refractivity contribution in [1.29, 1.82) is 0 Å². The first-order chi connectivity index (χ1) is 7.06. The summed E-state index contributed by atoms with van der Waals surface area (Å²) in [4.78, 5) is 0. The molecule has 0 aromatic heterocycles. The molecule has 0 aliphatic heterocycles. The van der Waals surface area contributed by atoms with E-state index in [1.54, 1.807) is 0 Å². The number of hydrogen-bond acceptors (Lipinski definition) is 3. The van der Waals surface area contributed by atoms with Gasteiger partial charge in [0.1, 0.15) is 6.10 Å². The van der Waals surface area contributed by atoms with E-state index in [1.165, 1.54) is 0 Å². The molecular weight excluding hydrogens is 276 g/mol. The molecule has 2 N–H and O–H groups in total. The maximum absolute atomic E-state index is 9.83. The first kappa shape index (κ1) is 13.0. The Labute approximate surface area is 104 Å². The standard InChI is InChI=1S/C11H15BrO2S/c1-7-2-3-8(6-9(7)12)11(14)10(13)4-5-15/h2-3,6,10-11,13-15H,4-5H2,1H3. The molecule has 0 fully saturated rings. The quantitative estimate of drug-likeness (QED) is 0.746. The van der Waals surface area contributed by atoms with Gasteiger partial charge in [-0.3, -0.25) is 0 Å². The second-order valence-corrected chi connectivity index (χ2v) is 4.83. The smallest absolute Gasteiger partial charge is 0.105 e. The van der Waals surface area contributed by atoms with E-state index >= 15 is 0 Å². The van der Waals surface area contributed by atoms with Crippen LogP contribution in [0.25, 0.3) is 0 Å². The Kier molecular flexibility index (Phi) is 5.12. The van der Waals surface area contributed by atoms with Gasteiger partial charge in [0.2, 0.25) is 0 Å². The molecular formula is C11H15BrO2S. The van der Waals surface area contributed by atoms with Crippen LogP contribution in [0.4, 0.5) is 0 Å². The number of aliphatic hydroxyl groups excluding tert-OH is 2. The van der Waals surface area contributed by atoms with Gasteiger partial charge in [-0.05, 0) is 36.3 Å². The number of thiol groups is 1. The molecule has 0 saturated carbocycles. The van der Waals surface area contributed by atoms with Gasteiger partial charge in [0.05, 0.1) is 6.10 Å². The zero-order valence-corrected chi connectivity index (χ0v) is 11.0. The zero-order chi connectivity index (χ0) is 11.4. The third kappa shape index (κ3) is 3.48. The maximum Gasteiger partial charge on any atom is 0.105 e. The van der Waals surface area contributed by atoms with Gasteiger partial charge in [0.25, 0.3) is 0 Å². The predicted octanol–water partition coefficient (Wildman–Crippen LogP) is 2.47. The SMILES string of the molecule is Cc1ccc(C(O)C(O)CCS)cc1Br. The Hall–Kier alpha value is -0.0300. The highest BCUT2D eigenvalue weighted by molar-refractivity contribution is 9.10. The number of rotatable bonds is 4. The monoisotopic (exact) mass is 290 g/mol. The molecule has 0 amide bonds. The fourth-order valence-corrected chi connectivity index (χ4v) is 1.97. The van der Waals surface area contributed by atoms with E-state index in [9.17, 15) is 10.2 Å². The number of hydrogen-bond donors (Lipinski definition) is 3. The Morgan fingerprint density at radius 3 is 2.60 bits per heavy atom. The number of halogens is 1. The first-order valence-corrected chi connectivity index (χ1v) is 6.22. The van der Waals surface area contributed by atoms with Crippen LogP contribution in [0.15, 0.2) is 22.7 Å². The second-order valence-electron chi connectivity index (χ2n) is 3.53. The minimum absolute atomic E-state index is 0.482. The Balaban J connectivity index is 2.81. The summed E-state index contributed by atoms with van der Waals surface area (Å²) in [6, 6.07) is 5.57. The Bertz CT molecular complexity index is 330. The van der Waals surface area contributed by atoms with Crippen LogP contribution >= 0.6 is 28.6 Å². The average molecular weight is 291 g/mol. The summed E-state index contributed by atoms with van der Waals surface area (Å²) in [6.07, 6.45) is -1.11. The van der Waals surface area contributed by atoms with E-state index in [0.29, 0.717) is 12.2 Å². The fourth-order valence-electron chi connectivity index (χ4n) is 1.31.